The van der Waals surface area contributed by atoms with Crippen LogP contribution in [0.2, 0.25) is 0 Å². The molecular weight excluding hydrogens is 484 g/mol. The molecule has 0 saturated heterocycles. The Morgan fingerprint density at radius 1 is 0.923 bits per heavy atom. The molecule has 0 bridgehead atoms. The summed E-state index contributed by atoms with van der Waals surface area (Å²) < 4.78 is 12.0. The average molecular weight is 541 g/mol. The second-order valence-corrected chi connectivity index (χ2v) is 16.8. The van der Waals surface area contributed by atoms with E-state index in [4.69, 9.17) is 9.47 Å². The molecule has 0 aromatic heterocycles. The van der Waals surface area contributed by atoms with Crippen LogP contribution in [0.1, 0.15) is 120 Å². The minimum absolute atomic E-state index is 0.00408. The zero-order chi connectivity index (χ0) is 28.8. The van der Waals surface area contributed by atoms with Gasteiger partial charge in [0.2, 0.25) is 0 Å². The third-order valence-corrected chi connectivity index (χ3v) is 13.7. The number of ether oxygens (including phenoxy) is 2. The molecule has 4 saturated carbocycles. The molecule has 0 aromatic rings. The predicted octanol–water partition coefficient (Wildman–Crippen LogP) is 8.18. The van der Waals surface area contributed by atoms with Gasteiger partial charge in [0.15, 0.2) is 5.78 Å². The van der Waals surface area contributed by atoms with Crippen LogP contribution in [0.4, 0.5) is 0 Å². The molecule has 5 aliphatic rings. The van der Waals surface area contributed by atoms with Gasteiger partial charge in [-0.05, 0) is 96.9 Å². The van der Waals surface area contributed by atoms with Gasteiger partial charge < -0.3 is 9.47 Å². The molecule has 0 spiro atoms. The standard InChI is InChI=1S/C35H56O4/c1-22(2)29(39-21-38-10)35-17-15-30(3,4)20-23(35)28-24(36)19-26-32(7)13-12-27(37)31(5,6)25(32)11-14-33(26,8)34(28,9)16-18-35/h19,22-23,25,28-29H,11-18,20-21H2,1-10H3/t23-,25-,28-,29?,32-,33+,34+,35-/m0/s1. The molecular formula is C35H56O4. The number of methoxy groups -OCH3 is 1. The van der Waals surface area contributed by atoms with Gasteiger partial charge in [0.05, 0.1) is 6.10 Å². The van der Waals surface area contributed by atoms with E-state index in [1.54, 1.807) is 7.11 Å². The molecule has 39 heavy (non-hydrogen) atoms. The number of hydrogen-bond acceptors (Lipinski definition) is 4. The molecule has 5 rings (SSSR count). The Morgan fingerprint density at radius 2 is 1.59 bits per heavy atom. The number of rotatable bonds is 5. The summed E-state index contributed by atoms with van der Waals surface area (Å²) in [7, 11) is 1.71. The molecule has 0 aromatic carbocycles. The summed E-state index contributed by atoms with van der Waals surface area (Å²) in [6.07, 6.45) is 11.5. The van der Waals surface area contributed by atoms with E-state index in [1.807, 2.05) is 0 Å². The summed E-state index contributed by atoms with van der Waals surface area (Å²) in [5.74, 6) is 1.77. The number of fused-ring (bicyclic) bond motifs is 7. The molecule has 4 heteroatoms. The summed E-state index contributed by atoms with van der Waals surface area (Å²) in [5.41, 5.74) is 1.08. The van der Waals surface area contributed by atoms with E-state index < -0.39 is 0 Å². The van der Waals surface area contributed by atoms with Crippen molar-refractivity contribution in [2.24, 2.45) is 56.2 Å². The Labute approximate surface area is 238 Å². The average Bonchev–Trinajstić information content (AvgIpc) is 2.83. The Bertz CT molecular complexity index is 1050. The van der Waals surface area contributed by atoms with Crippen molar-refractivity contribution in [2.45, 2.75) is 126 Å². The van der Waals surface area contributed by atoms with Gasteiger partial charge in [-0.25, -0.2) is 0 Å². The van der Waals surface area contributed by atoms with Gasteiger partial charge in [0.25, 0.3) is 0 Å². The van der Waals surface area contributed by atoms with Gasteiger partial charge in [-0.1, -0.05) is 67.9 Å². The molecule has 1 unspecified atom stereocenters. The number of carbonyl (C=O) groups excluding carboxylic acids is 2. The van der Waals surface area contributed by atoms with E-state index in [0.717, 1.165) is 44.9 Å². The third kappa shape index (κ3) is 3.96. The zero-order valence-corrected chi connectivity index (χ0v) is 26.7. The second kappa shape index (κ2) is 9.25. The van der Waals surface area contributed by atoms with Gasteiger partial charge in [-0.15, -0.1) is 0 Å². The molecule has 0 radical (unpaired) electrons. The third-order valence-electron chi connectivity index (χ3n) is 13.7. The molecule has 4 fully saturated rings. The van der Waals surface area contributed by atoms with Gasteiger partial charge in [0, 0.05) is 30.3 Å². The molecule has 5 aliphatic carbocycles. The fraction of sp³-hybridized carbons (Fsp3) is 0.886. The number of hydrogen-bond donors (Lipinski definition) is 0. The summed E-state index contributed by atoms with van der Waals surface area (Å²) in [5, 5.41) is 0. The quantitative estimate of drug-likeness (QED) is 0.330. The van der Waals surface area contributed by atoms with Crippen molar-refractivity contribution in [3.63, 3.8) is 0 Å². The van der Waals surface area contributed by atoms with Crippen LogP contribution in [0, 0.1) is 56.2 Å². The molecule has 0 aliphatic heterocycles. The van der Waals surface area contributed by atoms with Crippen molar-refractivity contribution in [3.8, 4) is 0 Å². The van der Waals surface area contributed by atoms with Crippen LogP contribution >= 0.6 is 0 Å². The van der Waals surface area contributed by atoms with Crippen molar-refractivity contribution in [1.82, 2.24) is 0 Å². The maximum atomic E-state index is 14.7. The van der Waals surface area contributed by atoms with E-state index in [9.17, 15) is 9.59 Å². The monoisotopic (exact) mass is 540 g/mol. The Balaban J connectivity index is 1.64. The van der Waals surface area contributed by atoms with Gasteiger partial charge in [0.1, 0.15) is 12.6 Å². The Hall–Kier alpha value is -1.00. The lowest BCUT2D eigenvalue weighted by Crippen LogP contribution is -2.67. The maximum absolute atomic E-state index is 14.7. The molecule has 8 atom stereocenters. The normalized spacial score (nSPS) is 45.5. The van der Waals surface area contributed by atoms with Gasteiger partial charge >= 0.3 is 0 Å². The lowest BCUT2D eigenvalue weighted by atomic mass is 9.33. The second-order valence-electron chi connectivity index (χ2n) is 16.8. The zero-order valence-electron chi connectivity index (χ0n) is 26.7. The van der Waals surface area contributed by atoms with Crippen LogP contribution in [0.5, 0.6) is 0 Å². The first-order valence-corrected chi connectivity index (χ1v) is 15.9. The summed E-state index contributed by atoms with van der Waals surface area (Å²) >= 11 is 0. The van der Waals surface area contributed by atoms with E-state index in [0.29, 0.717) is 42.5 Å². The van der Waals surface area contributed by atoms with Crippen molar-refractivity contribution in [3.05, 3.63) is 11.6 Å². The van der Waals surface area contributed by atoms with Gasteiger partial charge in [-0.3, -0.25) is 9.59 Å². The number of allylic oxidation sites excluding steroid dienone is 2. The predicted molar refractivity (Wildman–Crippen MR) is 156 cm³/mol. The van der Waals surface area contributed by atoms with E-state index in [-0.39, 0.29) is 44.5 Å². The van der Waals surface area contributed by atoms with E-state index in [2.05, 4.69) is 68.4 Å². The number of Topliss-reactive ketones (excluding diaryl/α,β-unsaturated/α-hetero) is 1. The lowest BCUT2D eigenvalue weighted by molar-refractivity contribution is -0.223. The topological polar surface area (TPSA) is 52.6 Å². The van der Waals surface area contributed by atoms with Crippen LogP contribution < -0.4 is 0 Å². The van der Waals surface area contributed by atoms with E-state index in [1.165, 1.54) is 12.0 Å². The number of carbonyl (C=O) groups is 2. The van der Waals surface area contributed by atoms with Gasteiger partial charge in [-0.2, -0.15) is 0 Å². The highest BCUT2D eigenvalue weighted by molar-refractivity contribution is 5.96. The molecule has 0 heterocycles. The van der Waals surface area contributed by atoms with Crippen molar-refractivity contribution in [2.75, 3.05) is 13.9 Å². The maximum Gasteiger partial charge on any atom is 0.159 e. The SMILES string of the molecule is COCOC(C(C)C)[C@]12CCC(C)(C)C[C@H]1[C@H]1C(=O)C=C3[C@@]4(C)CCC(=O)C(C)(C)[C@@H]4CC[C@@]3(C)[C@]1(C)CC2. The van der Waals surface area contributed by atoms with Crippen LogP contribution in [0.25, 0.3) is 0 Å². The number of ketones is 2. The van der Waals surface area contributed by atoms with E-state index >= 15 is 0 Å². The van der Waals surface area contributed by atoms with Crippen LogP contribution in [0.15, 0.2) is 11.6 Å². The summed E-state index contributed by atoms with van der Waals surface area (Å²) in [6, 6.07) is 0. The minimum atomic E-state index is -0.325. The smallest absolute Gasteiger partial charge is 0.159 e. The first kappa shape index (κ1) is 29.5. The summed E-state index contributed by atoms with van der Waals surface area (Å²) in [6.45, 7) is 21.4. The molecule has 220 valence electrons. The highest BCUT2D eigenvalue weighted by atomic mass is 16.7. The first-order chi connectivity index (χ1) is 18.0. The minimum Gasteiger partial charge on any atom is -0.359 e. The molecule has 0 amide bonds. The first-order valence-electron chi connectivity index (χ1n) is 15.9. The van der Waals surface area contributed by atoms with Crippen LogP contribution in [-0.2, 0) is 19.1 Å². The fourth-order valence-corrected chi connectivity index (χ4v) is 11.5. The Kier molecular flexibility index (Phi) is 6.99. The lowest BCUT2D eigenvalue weighted by Gasteiger charge is -2.70. The Morgan fingerprint density at radius 3 is 2.23 bits per heavy atom. The van der Waals surface area contributed by atoms with Crippen LogP contribution in [0.3, 0.4) is 0 Å². The van der Waals surface area contributed by atoms with Crippen LogP contribution in [-0.4, -0.2) is 31.6 Å². The highest BCUT2D eigenvalue weighted by Gasteiger charge is 2.70. The van der Waals surface area contributed by atoms with Crippen molar-refractivity contribution >= 4 is 11.6 Å². The van der Waals surface area contributed by atoms with Crippen molar-refractivity contribution < 1.29 is 19.1 Å². The summed E-state index contributed by atoms with van der Waals surface area (Å²) in [4.78, 5) is 27.7. The molecule has 0 N–H and O–H groups in total. The fourth-order valence-electron chi connectivity index (χ4n) is 11.5. The largest absolute Gasteiger partial charge is 0.359 e. The van der Waals surface area contributed by atoms with Crippen molar-refractivity contribution in [1.29, 1.82) is 0 Å². The highest BCUT2D eigenvalue weighted by Crippen LogP contribution is 2.75. The molecule has 4 nitrogen and oxygen atoms in total.